The van der Waals surface area contributed by atoms with E-state index in [1.807, 2.05) is 12.1 Å². The van der Waals surface area contributed by atoms with Gasteiger partial charge in [-0.1, -0.05) is 23.9 Å². The number of halogens is 3. The van der Waals surface area contributed by atoms with Crippen LogP contribution in [0.15, 0.2) is 46.2 Å². The van der Waals surface area contributed by atoms with Crippen LogP contribution >= 0.6 is 11.8 Å². The molecule has 31 heavy (non-hydrogen) atoms. The first-order chi connectivity index (χ1) is 14.9. The molecule has 2 aromatic rings. The Morgan fingerprint density at radius 3 is 2.26 bits per heavy atom. The lowest BCUT2D eigenvalue weighted by Crippen LogP contribution is -2.47. The number of fused-ring (bicyclic) bond motifs is 2. The second-order valence-corrected chi connectivity index (χ2v) is 8.91. The van der Waals surface area contributed by atoms with Crippen LogP contribution in [0.1, 0.15) is 17.5 Å². The minimum Gasteiger partial charge on any atom is -0.395 e. The highest BCUT2D eigenvalue weighted by atomic mass is 32.2. The predicted octanol–water partition coefficient (Wildman–Crippen LogP) is 4.24. The first-order valence-electron chi connectivity index (χ1n) is 10.4. The fraction of sp³-hybridized carbons (Fsp3) is 0.455. The van der Waals surface area contributed by atoms with Crippen molar-refractivity contribution in [3.8, 4) is 0 Å². The summed E-state index contributed by atoms with van der Waals surface area (Å²) in [4.78, 5) is 5.87. The van der Waals surface area contributed by atoms with Crippen molar-refractivity contribution in [1.29, 1.82) is 0 Å². The predicted molar refractivity (Wildman–Crippen MR) is 114 cm³/mol. The molecule has 168 valence electrons. The van der Waals surface area contributed by atoms with E-state index < -0.39 is 11.7 Å². The molecule has 0 saturated carbocycles. The molecule has 0 spiro atoms. The molecule has 0 atom stereocenters. The van der Waals surface area contributed by atoms with Gasteiger partial charge in [0.15, 0.2) is 0 Å². The summed E-state index contributed by atoms with van der Waals surface area (Å²) in [5.41, 5.74) is 0.207. The molecule has 2 N–H and O–H groups in total. The van der Waals surface area contributed by atoms with Crippen LogP contribution < -0.4 is 5.06 Å². The summed E-state index contributed by atoms with van der Waals surface area (Å²) in [5, 5.41) is 20.8. The van der Waals surface area contributed by atoms with E-state index in [-0.39, 0.29) is 24.3 Å². The minimum absolute atomic E-state index is 0.137. The maximum absolute atomic E-state index is 13.8. The van der Waals surface area contributed by atoms with E-state index in [9.17, 15) is 18.4 Å². The average molecular weight is 454 g/mol. The van der Waals surface area contributed by atoms with Crippen molar-refractivity contribution in [3.63, 3.8) is 0 Å². The van der Waals surface area contributed by atoms with E-state index in [2.05, 4.69) is 9.80 Å². The van der Waals surface area contributed by atoms with Crippen molar-refractivity contribution < 1.29 is 23.5 Å². The standard InChI is InChI=1S/C22H26F3N3O2S/c23-22(24,25)17-7-8-20-21(28(30)18-5-1-2-6-19(18)31-20)16(17)4-3-9-26-10-12-27(13-11-26)14-15-29/h1-2,5-8,29-30H,3-4,9-15H2. The lowest BCUT2D eigenvalue weighted by Gasteiger charge is -2.34. The first-order valence-corrected chi connectivity index (χ1v) is 11.2. The molecule has 0 bridgehead atoms. The van der Waals surface area contributed by atoms with E-state index in [1.54, 1.807) is 12.1 Å². The van der Waals surface area contributed by atoms with Gasteiger partial charge in [-0.3, -0.25) is 10.1 Å². The summed E-state index contributed by atoms with van der Waals surface area (Å²) in [7, 11) is 0. The molecule has 0 amide bonds. The summed E-state index contributed by atoms with van der Waals surface area (Å²) in [6.07, 6.45) is -3.68. The molecule has 2 aromatic carbocycles. The van der Waals surface area contributed by atoms with E-state index in [0.29, 0.717) is 30.1 Å². The number of rotatable bonds is 6. The van der Waals surface area contributed by atoms with E-state index >= 15 is 0 Å². The summed E-state index contributed by atoms with van der Waals surface area (Å²) >= 11 is 1.38. The summed E-state index contributed by atoms with van der Waals surface area (Å²) < 4.78 is 41.4. The maximum Gasteiger partial charge on any atom is 0.416 e. The number of piperazine rings is 1. The monoisotopic (exact) mass is 453 g/mol. The third-order valence-corrected chi connectivity index (χ3v) is 6.97. The number of β-amino-alcohol motifs (C(OH)–C–C–N with tert-alkyl or cyclic N) is 1. The van der Waals surface area contributed by atoms with Gasteiger partial charge in [0.1, 0.15) is 0 Å². The number of anilines is 2. The molecule has 2 heterocycles. The summed E-state index contributed by atoms with van der Waals surface area (Å²) in [6.45, 7) is 4.88. The minimum atomic E-state index is -4.48. The van der Waals surface area contributed by atoms with Gasteiger partial charge in [0, 0.05) is 42.5 Å². The second-order valence-electron chi connectivity index (χ2n) is 7.83. The zero-order chi connectivity index (χ0) is 22.0. The first kappa shape index (κ1) is 22.4. The van der Waals surface area contributed by atoms with Crippen LogP contribution in [0.3, 0.4) is 0 Å². The molecule has 1 saturated heterocycles. The number of benzene rings is 2. The number of hydrogen-bond acceptors (Lipinski definition) is 6. The second kappa shape index (κ2) is 9.38. The van der Waals surface area contributed by atoms with Gasteiger partial charge in [-0.25, -0.2) is 5.06 Å². The van der Waals surface area contributed by atoms with Crippen molar-refractivity contribution >= 4 is 23.1 Å². The number of alkyl halides is 3. The van der Waals surface area contributed by atoms with Gasteiger partial charge in [0.05, 0.1) is 23.5 Å². The number of nitrogens with zero attached hydrogens (tertiary/aromatic N) is 3. The van der Waals surface area contributed by atoms with Crippen LogP contribution in [-0.4, -0.2) is 66.0 Å². The van der Waals surface area contributed by atoms with Crippen LogP contribution in [0.2, 0.25) is 0 Å². The topological polar surface area (TPSA) is 50.2 Å². The van der Waals surface area contributed by atoms with Gasteiger partial charge >= 0.3 is 6.18 Å². The Morgan fingerprint density at radius 1 is 0.903 bits per heavy atom. The lowest BCUT2D eigenvalue weighted by molar-refractivity contribution is -0.138. The van der Waals surface area contributed by atoms with Crippen molar-refractivity contribution in [1.82, 2.24) is 9.80 Å². The zero-order valence-electron chi connectivity index (χ0n) is 17.1. The highest BCUT2D eigenvalue weighted by molar-refractivity contribution is 7.99. The van der Waals surface area contributed by atoms with Crippen LogP contribution in [0.25, 0.3) is 0 Å². The van der Waals surface area contributed by atoms with Crippen LogP contribution in [0.5, 0.6) is 0 Å². The molecule has 0 aliphatic carbocycles. The van der Waals surface area contributed by atoms with Crippen LogP contribution in [0.4, 0.5) is 24.5 Å². The Hall–Kier alpha value is -1.78. The summed E-state index contributed by atoms with van der Waals surface area (Å²) in [5.74, 6) is 0. The summed E-state index contributed by atoms with van der Waals surface area (Å²) in [6, 6.07) is 9.75. The van der Waals surface area contributed by atoms with Gasteiger partial charge in [0.25, 0.3) is 0 Å². The van der Waals surface area contributed by atoms with Gasteiger partial charge in [0.2, 0.25) is 0 Å². The third kappa shape index (κ3) is 4.85. The average Bonchev–Trinajstić information content (AvgIpc) is 2.74. The molecular formula is C22H26F3N3O2S. The van der Waals surface area contributed by atoms with Crippen LogP contribution in [-0.2, 0) is 12.6 Å². The number of aliphatic hydroxyl groups excluding tert-OH is 1. The molecule has 4 rings (SSSR count). The maximum atomic E-state index is 13.8. The van der Waals surface area contributed by atoms with Crippen molar-refractivity contribution in [2.75, 3.05) is 50.9 Å². The van der Waals surface area contributed by atoms with Crippen LogP contribution in [0, 0.1) is 0 Å². The highest BCUT2D eigenvalue weighted by Gasteiger charge is 2.37. The van der Waals surface area contributed by atoms with Gasteiger partial charge in [-0.15, -0.1) is 0 Å². The smallest absolute Gasteiger partial charge is 0.395 e. The molecule has 2 aliphatic rings. The van der Waals surface area contributed by atoms with Crippen molar-refractivity contribution in [2.24, 2.45) is 0 Å². The fourth-order valence-corrected chi connectivity index (χ4v) is 5.35. The molecule has 2 aliphatic heterocycles. The van der Waals surface area contributed by atoms with Gasteiger partial charge < -0.3 is 10.0 Å². The number of aliphatic hydroxyl groups is 1. The quantitative estimate of drug-likeness (QED) is 0.683. The normalized spacial score (nSPS) is 17.5. The molecule has 0 radical (unpaired) electrons. The Bertz CT molecular complexity index is 917. The Labute approximate surface area is 184 Å². The molecule has 0 aromatic heterocycles. The fourth-order valence-electron chi connectivity index (χ4n) is 4.26. The third-order valence-electron chi connectivity index (χ3n) is 5.86. The Balaban J connectivity index is 1.53. The van der Waals surface area contributed by atoms with E-state index in [0.717, 1.165) is 42.2 Å². The Morgan fingerprint density at radius 2 is 1.58 bits per heavy atom. The molecule has 0 unspecified atom stereocenters. The number of hydrogen-bond donors (Lipinski definition) is 2. The van der Waals surface area contributed by atoms with E-state index in [4.69, 9.17) is 5.11 Å². The largest absolute Gasteiger partial charge is 0.416 e. The Kier molecular flexibility index (Phi) is 6.78. The molecule has 1 fully saturated rings. The molecule has 9 heteroatoms. The number of para-hydroxylation sites is 1. The van der Waals surface area contributed by atoms with Gasteiger partial charge in [-0.2, -0.15) is 13.2 Å². The highest BCUT2D eigenvalue weighted by Crippen LogP contribution is 2.51. The zero-order valence-corrected chi connectivity index (χ0v) is 17.9. The lowest BCUT2D eigenvalue weighted by atomic mass is 9.99. The van der Waals surface area contributed by atoms with E-state index in [1.165, 1.54) is 17.8 Å². The molecular weight excluding hydrogens is 427 g/mol. The molecule has 5 nitrogen and oxygen atoms in total. The van der Waals surface area contributed by atoms with Crippen molar-refractivity contribution in [3.05, 3.63) is 47.5 Å². The van der Waals surface area contributed by atoms with Crippen molar-refractivity contribution in [2.45, 2.75) is 28.8 Å². The van der Waals surface area contributed by atoms with Gasteiger partial charge in [-0.05, 0) is 49.2 Å². The SMILES string of the molecule is OCCN1CCN(CCCc2c(C(F)(F)F)ccc3c2N(O)c2ccccc2S3)CC1.